The standard InChI is InChI=1S/C13H18ClN5/c1-9-4-3-5-19(7-9)8-11-16-12(14)10-6-15-18(2)13(10)17-11/h6,9H,3-5,7-8H2,1-2H3. The molecule has 0 aromatic carbocycles. The number of hydrogen-bond acceptors (Lipinski definition) is 4. The average molecular weight is 280 g/mol. The third-order valence-corrected chi connectivity index (χ3v) is 3.99. The Balaban J connectivity index is 1.86. The van der Waals surface area contributed by atoms with Gasteiger partial charge in [-0.1, -0.05) is 18.5 Å². The van der Waals surface area contributed by atoms with Gasteiger partial charge in [-0.2, -0.15) is 5.10 Å². The highest BCUT2D eigenvalue weighted by molar-refractivity contribution is 6.33. The van der Waals surface area contributed by atoms with Crippen LogP contribution in [0.2, 0.25) is 5.15 Å². The van der Waals surface area contributed by atoms with Gasteiger partial charge < -0.3 is 0 Å². The van der Waals surface area contributed by atoms with Crippen LogP contribution in [0.4, 0.5) is 0 Å². The lowest BCUT2D eigenvalue weighted by Crippen LogP contribution is -2.34. The number of hydrogen-bond donors (Lipinski definition) is 0. The van der Waals surface area contributed by atoms with Crippen LogP contribution in [0.1, 0.15) is 25.6 Å². The Morgan fingerprint density at radius 2 is 2.26 bits per heavy atom. The second kappa shape index (κ2) is 5.06. The molecule has 5 nitrogen and oxygen atoms in total. The van der Waals surface area contributed by atoms with Gasteiger partial charge in [0, 0.05) is 13.6 Å². The molecule has 1 unspecified atom stereocenters. The summed E-state index contributed by atoms with van der Waals surface area (Å²) >= 11 is 6.20. The van der Waals surface area contributed by atoms with E-state index in [1.807, 2.05) is 7.05 Å². The van der Waals surface area contributed by atoms with E-state index in [1.165, 1.54) is 12.8 Å². The Labute approximate surface area is 117 Å². The van der Waals surface area contributed by atoms with Crippen LogP contribution < -0.4 is 0 Å². The molecule has 0 radical (unpaired) electrons. The highest BCUT2D eigenvalue weighted by Gasteiger charge is 2.18. The maximum atomic E-state index is 6.20. The monoisotopic (exact) mass is 279 g/mol. The molecule has 102 valence electrons. The van der Waals surface area contributed by atoms with Crippen molar-refractivity contribution in [2.75, 3.05) is 13.1 Å². The lowest BCUT2D eigenvalue weighted by Gasteiger charge is -2.30. The van der Waals surface area contributed by atoms with Crippen molar-refractivity contribution < 1.29 is 0 Å². The van der Waals surface area contributed by atoms with Gasteiger partial charge in [0.15, 0.2) is 5.65 Å². The average Bonchev–Trinajstić information content (AvgIpc) is 2.72. The summed E-state index contributed by atoms with van der Waals surface area (Å²) in [6.45, 7) is 5.30. The summed E-state index contributed by atoms with van der Waals surface area (Å²) in [5.41, 5.74) is 0.806. The third kappa shape index (κ3) is 2.58. The van der Waals surface area contributed by atoms with E-state index in [9.17, 15) is 0 Å². The van der Waals surface area contributed by atoms with Gasteiger partial charge in [0.25, 0.3) is 0 Å². The summed E-state index contributed by atoms with van der Waals surface area (Å²) in [5, 5.41) is 5.49. The summed E-state index contributed by atoms with van der Waals surface area (Å²) in [6.07, 6.45) is 4.28. The Kier molecular flexibility index (Phi) is 3.41. The number of aryl methyl sites for hydroxylation is 1. The van der Waals surface area contributed by atoms with Crippen LogP contribution >= 0.6 is 11.6 Å². The maximum Gasteiger partial charge on any atom is 0.162 e. The van der Waals surface area contributed by atoms with Crippen molar-refractivity contribution in [1.29, 1.82) is 0 Å². The minimum atomic E-state index is 0.498. The van der Waals surface area contributed by atoms with Crippen molar-refractivity contribution in [2.24, 2.45) is 13.0 Å². The first kappa shape index (κ1) is 12.8. The molecule has 0 bridgehead atoms. The van der Waals surface area contributed by atoms with Crippen LogP contribution in [0.15, 0.2) is 6.20 Å². The topological polar surface area (TPSA) is 46.8 Å². The van der Waals surface area contributed by atoms with Crippen LogP contribution in [0.3, 0.4) is 0 Å². The highest BCUT2D eigenvalue weighted by Crippen LogP contribution is 2.21. The molecule has 3 heterocycles. The maximum absolute atomic E-state index is 6.20. The first-order valence-electron chi connectivity index (χ1n) is 6.70. The van der Waals surface area contributed by atoms with Crippen molar-refractivity contribution in [3.05, 3.63) is 17.2 Å². The van der Waals surface area contributed by atoms with Crippen LogP contribution in [-0.4, -0.2) is 37.7 Å². The SMILES string of the molecule is CC1CCCN(Cc2nc(Cl)c3cnn(C)c3n2)C1. The number of aromatic nitrogens is 4. The summed E-state index contributed by atoms with van der Waals surface area (Å²) in [6, 6.07) is 0. The molecular weight excluding hydrogens is 262 g/mol. The lowest BCUT2D eigenvalue weighted by molar-refractivity contribution is 0.173. The van der Waals surface area contributed by atoms with Gasteiger partial charge in [0.05, 0.1) is 18.1 Å². The van der Waals surface area contributed by atoms with E-state index < -0.39 is 0 Å². The van der Waals surface area contributed by atoms with Crippen LogP contribution in [0.25, 0.3) is 11.0 Å². The van der Waals surface area contributed by atoms with Gasteiger partial charge in [0.2, 0.25) is 0 Å². The molecule has 2 aromatic rings. The van der Waals surface area contributed by atoms with Crippen molar-refractivity contribution in [1.82, 2.24) is 24.6 Å². The fraction of sp³-hybridized carbons (Fsp3) is 0.615. The number of rotatable bonds is 2. The van der Waals surface area contributed by atoms with Gasteiger partial charge >= 0.3 is 0 Å². The molecule has 19 heavy (non-hydrogen) atoms. The van der Waals surface area contributed by atoms with Gasteiger partial charge in [-0.15, -0.1) is 0 Å². The van der Waals surface area contributed by atoms with Gasteiger partial charge in [-0.05, 0) is 25.3 Å². The predicted molar refractivity (Wildman–Crippen MR) is 75.0 cm³/mol. The second-order valence-electron chi connectivity index (χ2n) is 5.42. The molecule has 1 aliphatic heterocycles. The molecule has 1 atom stereocenters. The number of piperidine rings is 1. The second-order valence-corrected chi connectivity index (χ2v) is 5.78. The zero-order valence-corrected chi connectivity index (χ0v) is 12.1. The van der Waals surface area contributed by atoms with Crippen LogP contribution in [-0.2, 0) is 13.6 Å². The fourth-order valence-corrected chi connectivity index (χ4v) is 2.96. The van der Waals surface area contributed by atoms with Crippen molar-refractivity contribution in [2.45, 2.75) is 26.3 Å². The number of likely N-dealkylation sites (tertiary alicyclic amines) is 1. The van der Waals surface area contributed by atoms with E-state index in [1.54, 1.807) is 10.9 Å². The number of nitrogens with zero attached hydrogens (tertiary/aromatic N) is 5. The Bertz CT molecular complexity index is 594. The predicted octanol–water partition coefficient (Wildman–Crippen LogP) is 2.25. The van der Waals surface area contributed by atoms with Crippen LogP contribution in [0, 0.1) is 5.92 Å². The molecule has 2 aromatic heterocycles. The normalized spacial score (nSPS) is 21.1. The van der Waals surface area contributed by atoms with E-state index in [4.69, 9.17) is 11.6 Å². The molecule has 0 amide bonds. The smallest absolute Gasteiger partial charge is 0.162 e. The molecule has 0 saturated carbocycles. The van der Waals surface area contributed by atoms with Crippen molar-refractivity contribution >= 4 is 22.6 Å². The quantitative estimate of drug-likeness (QED) is 0.791. The minimum absolute atomic E-state index is 0.498. The first-order chi connectivity index (χ1) is 9.13. The largest absolute Gasteiger partial charge is 0.296 e. The molecule has 1 fully saturated rings. The third-order valence-electron chi connectivity index (χ3n) is 3.70. The van der Waals surface area contributed by atoms with E-state index >= 15 is 0 Å². The Hall–Kier alpha value is -1.20. The number of halogens is 1. The van der Waals surface area contributed by atoms with Gasteiger partial charge in [0.1, 0.15) is 11.0 Å². The summed E-state index contributed by atoms with van der Waals surface area (Å²) < 4.78 is 1.74. The molecule has 0 spiro atoms. The van der Waals surface area contributed by atoms with Crippen LogP contribution in [0.5, 0.6) is 0 Å². The summed E-state index contributed by atoms with van der Waals surface area (Å²) in [4.78, 5) is 11.4. The van der Waals surface area contributed by atoms with Crippen molar-refractivity contribution in [3.63, 3.8) is 0 Å². The van der Waals surface area contributed by atoms with Gasteiger partial charge in [-0.3, -0.25) is 9.58 Å². The highest BCUT2D eigenvalue weighted by atomic mass is 35.5. The lowest BCUT2D eigenvalue weighted by atomic mass is 10.0. The Morgan fingerprint density at radius 1 is 1.42 bits per heavy atom. The molecular formula is C13H18ClN5. The number of fused-ring (bicyclic) bond motifs is 1. The molecule has 1 aliphatic rings. The molecule has 6 heteroatoms. The summed E-state index contributed by atoms with van der Waals surface area (Å²) in [7, 11) is 1.87. The van der Waals surface area contributed by atoms with E-state index in [2.05, 4.69) is 26.9 Å². The van der Waals surface area contributed by atoms with Gasteiger partial charge in [-0.25, -0.2) is 9.97 Å². The molecule has 0 aliphatic carbocycles. The van der Waals surface area contributed by atoms with E-state index in [0.717, 1.165) is 42.4 Å². The Morgan fingerprint density at radius 3 is 3.05 bits per heavy atom. The van der Waals surface area contributed by atoms with Crippen molar-refractivity contribution in [3.8, 4) is 0 Å². The fourth-order valence-electron chi connectivity index (χ4n) is 2.73. The zero-order valence-electron chi connectivity index (χ0n) is 11.3. The molecule has 3 rings (SSSR count). The zero-order chi connectivity index (χ0) is 13.4. The molecule has 0 N–H and O–H groups in total. The van der Waals surface area contributed by atoms with E-state index in [0.29, 0.717) is 5.15 Å². The molecule has 1 saturated heterocycles. The first-order valence-corrected chi connectivity index (χ1v) is 7.08. The summed E-state index contributed by atoms with van der Waals surface area (Å²) in [5.74, 6) is 1.54. The van der Waals surface area contributed by atoms with E-state index in [-0.39, 0.29) is 0 Å². The minimum Gasteiger partial charge on any atom is -0.296 e.